The molecule has 0 saturated carbocycles. The maximum Gasteiger partial charge on any atom is 0.240 e. The Morgan fingerprint density at radius 2 is 1.57 bits per heavy atom. The van der Waals surface area contributed by atoms with E-state index >= 15 is 0 Å². The molecule has 2 amide bonds. The maximum absolute atomic E-state index is 12.1. The first kappa shape index (κ1) is 26.0. The summed E-state index contributed by atoms with van der Waals surface area (Å²) in [5.74, 6) is 0.521. The second-order valence-electron chi connectivity index (χ2n) is 8.02. The fourth-order valence-electron chi connectivity index (χ4n) is 3.12. The Balaban J connectivity index is 1.50. The van der Waals surface area contributed by atoms with Gasteiger partial charge in [-0.2, -0.15) is 5.10 Å². The summed E-state index contributed by atoms with van der Waals surface area (Å²) < 4.78 is 12.1. The third-order valence-electron chi connectivity index (χ3n) is 5.07. The third kappa shape index (κ3) is 8.26. The highest BCUT2D eigenvalue weighted by molar-refractivity contribution is 9.10. The number of rotatable bonds is 10. The lowest BCUT2D eigenvalue weighted by Crippen LogP contribution is -2.20. The first-order chi connectivity index (χ1) is 16.8. The minimum atomic E-state index is -0.357. The maximum atomic E-state index is 12.1. The highest BCUT2D eigenvalue weighted by atomic mass is 79.9. The van der Waals surface area contributed by atoms with Crippen molar-refractivity contribution in [2.45, 2.75) is 33.3 Å². The van der Waals surface area contributed by atoms with Gasteiger partial charge in [-0.1, -0.05) is 47.5 Å². The topological polar surface area (TPSA) is 89.0 Å². The number of carbonyl (C=O) groups is 2. The van der Waals surface area contributed by atoms with Gasteiger partial charge in [-0.25, -0.2) is 5.43 Å². The minimum absolute atomic E-state index is 0.0217. The lowest BCUT2D eigenvalue weighted by Gasteiger charge is -2.13. The normalized spacial score (nSPS) is 10.7. The number of halogens is 1. The van der Waals surface area contributed by atoms with Crippen LogP contribution in [0.25, 0.3) is 0 Å². The molecule has 8 heteroatoms. The number of amides is 2. The van der Waals surface area contributed by atoms with Gasteiger partial charge in [-0.3, -0.25) is 9.59 Å². The number of hydrazone groups is 1. The summed E-state index contributed by atoms with van der Waals surface area (Å²) in [4.78, 5) is 24.1. The lowest BCUT2D eigenvalue weighted by molar-refractivity contribution is -0.124. The van der Waals surface area contributed by atoms with Crippen molar-refractivity contribution in [1.29, 1.82) is 0 Å². The van der Waals surface area contributed by atoms with E-state index in [1.54, 1.807) is 13.2 Å². The summed E-state index contributed by atoms with van der Waals surface area (Å²) in [6, 6.07) is 19.2. The van der Waals surface area contributed by atoms with Crippen molar-refractivity contribution < 1.29 is 19.1 Å². The molecule has 0 aliphatic rings. The highest BCUT2D eigenvalue weighted by Crippen LogP contribution is 2.36. The van der Waals surface area contributed by atoms with Gasteiger partial charge in [-0.05, 0) is 65.2 Å². The van der Waals surface area contributed by atoms with Crippen molar-refractivity contribution in [1.82, 2.24) is 5.43 Å². The molecule has 2 N–H and O–H groups in total. The molecule has 0 atom stereocenters. The lowest BCUT2D eigenvalue weighted by atomic mass is 10.2. The van der Waals surface area contributed by atoms with E-state index in [9.17, 15) is 9.59 Å². The van der Waals surface area contributed by atoms with Crippen LogP contribution in [0.3, 0.4) is 0 Å². The summed E-state index contributed by atoms with van der Waals surface area (Å²) in [5, 5.41) is 6.75. The van der Waals surface area contributed by atoms with Crippen molar-refractivity contribution in [2.75, 3.05) is 12.4 Å². The SMILES string of the molecule is COc1cc(C=NNC(=O)CCC(=O)Nc2ccc(C)cc2)cc(Br)c1OCc1ccc(C)cc1. The zero-order valence-electron chi connectivity index (χ0n) is 19.9. The summed E-state index contributed by atoms with van der Waals surface area (Å²) in [7, 11) is 1.56. The van der Waals surface area contributed by atoms with E-state index in [4.69, 9.17) is 9.47 Å². The molecule has 0 unspecified atom stereocenters. The second-order valence-corrected chi connectivity index (χ2v) is 8.87. The highest BCUT2D eigenvalue weighted by Gasteiger charge is 2.12. The van der Waals surface area contributed by atoms with E-state index in [0.717, 1.165) is 11.1 Å². The Labute approximate surface area is 213 Å². The molecule has 3 aromatic rings. The van der Waals surface area contributed by atoms with Crippen molar-refractivity contribution in [3.8, 4) is 11.5 Å². The molecule has 0 heterocycles. The number of nitrogens with one attached hydrogen (secondary N) is 2. The van der Waals surface area contributed by atoms with Crippen LogP contribution >= 0.6 is 15.9 Å². The molecule has 0 aliphatic heterocycles. The van der Waals surface area contributed by atoms with Gasteiger partial charge in [0.05, 0.1) is 17.8 Å². The number of anilines is 1. The van der Waals surface area contributed by atoms with Gasteiger partial charge in [0.1, 0.15) is 6.61 Å². The molecule has 0 radical (unpaired) electrons. The predicted molar refractivity (Wildman–Crippen MR) is 141 cm³/mol. The zero-order chi connectivity index (χ0) is 25.2. The molecule has 0 bridgehead atoms. The van der Waals surface area contributed by atoms with Crippen molar-refractivity contribution >= 4 is 39.6 Å². The van der Waals surface area contributed by atoms with Crippen molar-refractivity contribution in [3.05, 3.63) is 87.4 Å². The fourth-order valence-corrected chi connectivity index (χ4v) is 3.69. The van der Waals surface area contributed by atoms with Crippen LogP contribution in [0.5, 0.6) is 11.5 Å². The number of hydrogen-bond donors (Lipinski definition) is 2. The molecule has 7 nitrogen and oxygen atoms in total. The number of carbonyl (C=O) groups excluding carboxylic acids is 2. The number of ether oxygens (including phenoxy) is 2. The Hall–Kier alpha value is -3.65. The molecular formula is C27H28BrN3O4. The molecular weight excluding hydrogens is 510 g/mol. The van der Waals surface area contributed by atoms with Crippen LogP contribution in [0, 0.1) is 13.8 Å². The van der Waals surface area contributed by atoms with Gasteiger partial charge >= 0.3 is 0 Å². The van der Waals surface area contributed by atoms with Gasteiger partial charge in [0.25, 0.3) is 0 Å². The molecule has 0 spiro atoms. The van der Waals surface area contributed by atoms with Crippen molar-refractivity contribution in [2.24, 2.45) is 5.10 Å². The monoisotopic (exact) mass is 537 g/mol. The van der Waals surface area contributed by atoms with E-state index in [1.807, 2.05) is 68.4 Å². The average molecular weight is 538 g/mol. The molecule has 0 fully saturated rings. The molecule has 3 rings (SSSR count). The standard InChI is InChI=1S/C27H28BrN3O4/c1-18-4-8-20(9-5-18)17-35-27-23(28)14-21(15-24(27)34-3)16-29-31-26(33)13-12-25(32)30-22-10-6-19(2)7-11-22/h4-11,14-16H,12-13,17H2,1-3H3,(H,30,32)(H,31,33). The van der Waals surface area contributed by atoms with E-state index in [0.29, 0.717) is 33.8 Å². The Morgan fingerprint density at radius 1 is 0.943 bits per heavy atom. The van der Waals surface area contributed by atoms with Crippen molar-refractivity contribution in [3.63, 3.8) is 0 Å². The first-order valence-corrected chi connectivity index (χ1v) is 11.9. The number of methoxy groups -OCH3 is 1. The van der Waals surface area contributed by atoms with Crippen LogP contribution in [0.4, 0.5) is 5.69 Å². The quantitative estimate of drug-likeness (QED) is 0.263. The Morgan fingerprint density at radius 3 is 2.23 bits per heavy atom. The predicted octanol–water partition coefficient (Wildman–Crippen LogP) is 5.52. The molecule has 0 saturated heterocycles. The summed E-state index contributed by atoms with van der Waals surface area (Å²) in [6.45, 7) is 4.41. The third-order valence-corrected chi connectivity index (χ3v) is 5.66. The fraction of sp³-hybridized carbons (Fsp3) is 0.222. The number of benzene rings is 3. The van der Waals surface area contributed by atoms with Crippen LogP contribution in [-0.2, 0) is 16.2 Å². The Kier molecular flexibility index (Phi) is 9.43. The van der Waals surface area contributed by atoms with Crippen LogP contribution in [0.1, 0.15) is 35.1 Å². The van der Waals surface area contributed by atoms with E-state index in [1.165, 1.54) is 11.8 Å². The zero-order valence-corrected chi connectivity index (χ0v) is 21.5. The number of aryl methyl sites for hydroxylation is 2. The first-order valence-electron chi connectivity index (χ1n) is 11.1. The van der Waals surface area contributed by atoms with Gasteiger partial charge in [0, 0.05) is 18.5 Å². The van der Waals surface area contributed by atoms with Crippen LogP contribution in [0.15, 0.2) is 70.2 Å². The average Bonchev–Trinajstić information content (AvgIpc) is 2.84. The largest absolute Gasteiger partial charge is 0.493 e. The smallest absolute Gasteiger partial charge is 0.240 e. The van der Waals surface area contributed by atoms with Gasteiger partial charge < -0.3 is 14.8 Å². The molecule has 3 aromatic carbocycles. The second kappa shape index (κ2) is 12.7. The van der Waals surface area contributed by atoms with Gasteiger partial charge in [-0.15, -0.1) is 0 Å². The number of nitrogens with zero attached hydrogens (tertiary/aromatic N) is 1. The molecule has 0 aromatic heterocycles. The van der Waals surface area contributed by atoms with E-state index < -0.39 is 0 Å². The Bertz CT molecular complexity index is 1190. The van der Waals surface area contributed by atoms with Crippen LogP contribution in [0.2, 0.25) is 0 Å². The van der Waals surface area contributed by atoms with Gasteiger partial charge in [0.15, 0.2) is 11.5 Å². The summed E-state index contributed by atoms with van der Waals surface area (Å²) >= 11 is 3.52. The van der Waals surface area contributed by atoms with E-state index in [-0.39, 0.29) is 24.7 Å². The summed E-state index contributed by atoms with van der Waals surface area (Å²) in [6.07, 6.45) is 1.58. The minimum Gasteiger partial charge on any atom is -0.493 e. The molecule has 182 valence electrons. The van der Waals surface area contributed by atoms with Gasteiger partial charge in [0.2, 0.25) is 11.8 Å². The summed E-state index contributed by atoms with van der Waals surface area (Å²) in [5.41, 5.74) is 7.19. The molecule has 0 aliphatic carbocycles. The molecule has 35 heavy (non-hydrogen) atoms. The van der Waals surface area contributed by atoms with Crippen LogP contribution in [-0.4, -0.2) is 25.1 Å². The van der Waals surface area contributed by atoms with E-state index in [2.05, 4.69) is 31.8 Å². The van der Waals surface area contributed by atoms with Crippen LogP contribution < -0.4 is 20.2 Å². The number of hydrogen-bond acceptors (Lipinski definition) is 5.